The Hall–Kier alpha value is -1.21. The van der Waals surface area contributed by atoms with E-state index in [0.717, 1.165) is 29.4 Å². The lowest BCUT2D eigenvalue weighted by Crippen LogP contribution is -2.28. The van der Waals surface area contributed by atoms with Gasteiger partial charge in [0.2, 0.25) is 5.91 Å². The molecule has 2 aromatic rings. The van der Waals surface area contributed by atoms with Crippen molar-refractivity contribution in [3.63, 3.8) is 0 Å². The first-order chi connectivity index (χ1) is 9.79. The molecule has 122 valence electrons. The van der Waals surface area contributed by atoms with Crippen LogP contribution in [0.2, 0.25) is 0 Å². The number of nitrogens with one attached hydrogen (secondary N) is 2. The number of pyridine rings is 1. The SMILES string of the molecule is CNCCCNC(=O)Cc1csc(-c2ccccn2)n1.Cl.Cl. The molecular formula is C14H20Cl2N4OS. The summed E-state index contributed by atoms with van der Waals surface area (Å²) in [5.74, 6) is 0.0129. The topological polar surface area (TPSA) is 66.9 Å². The van der Waals surface area contributed by atoms with Gasteiger partial charge in [-0.3, -0.25) is 9.78 Å². The molecule has 0 radical (unpaired) electrons. The maximum Gasteiger partial charge on any atom is 0.226 e. The zero-order valence-corrected chi connectivity index (χ0v) is 14.7. The number of hydrogen-bond donors (Lipinski definition) is 2. The first kappa shape index (κ1) is 20.8. The quantitative estimate of drug-likeness (QED) is 0.741. The maximum atomic E-state index is 11.7. The average molecular weight is 363 g/mol. The van der Waals surface area contributed by atoms with Crippen molar-refractivity contribution >= 4 is 42.1 Å². The normalized spacial score (nSPS) is 9.50. The number of aromatic nitrogens is 2. The molecule has 2 rings (SSSR count). The lowest BCUT2D eigenvalue weighted by molar-refractivity contribution is -0.120. The predicted octanol–water partition coefficient (Wildman–Crippen LogP) is 2.32. The van der Waals surface area contributed by atoms with E-state index in [4.69, 9.17) is 0 Å². The molecule has 1 amide bonds. The molecule has 0 aliphatic heterocycles. The van der Waals surface area contributed by atoms with E-state index in [1.807, 2.05) is 30.6 Å². The van der Waals surface area contributed by atoms with E-state index in [-0.39, 0.29) is 30.7 Å². The molecule has 2 aromatic heterocycles. The largest absolute Gasteiger partial charge is 0.356 e. The van der Waals surface area contributed by atoms with Crippen molar-refractivity contribution in [1.29, 1.82) is 0 Å². The van der Waals surface area contributed by atoms with Crippen molar-refractivity contribution in [1.82, 2.24) is 20.6 Å². The van der Waals surface area contributed by atoms with E-state index >= 15 is 0 Å². The van der Waals surface area contributed by atoms with Gasteiger partial charge in [0, 0.05) is 18.1 Å². The molecule has 0 saturated heterocycles. The van der Waals surface area contributed by atoms with Gasteiger partial charge in [-0.25, -0.2) is 4.98 Å². The molecule has 0 unspecified atom stereocenters. The third-order valence-corrected chi connectivity index (χ3v) is 3.62. The van der Waals surface area contributed by atoms with Gasteiger partial charge in [0.05, 0.1) is 17.8 Å². The van der Waals surface area contributed by atoms with Gasteiger partial charge in [0.15, 0.2) is 0 Å². The van der Waals surface area contributed by atoms with Gasteiger partial charge < -0.3 is 10.6 Å². The molecule has 0 aromatic carbocycles. The number of amides is 1. The van der Waals surface area contributed by atoms with Gasteiger partial charge in [-0.1, -0.05) is 6.07 Å². The van der Waals surface area contributed by atoms with Gasteiger partial charge in [-0.05, 0) is 32.1 Å². The fourth-order valence-corrected chi connectivity index (χ4v) is 2.51. The average Bonchev–Trinajstić information content (AvgIpc) is 2.93. The summed E-state index contributed by atoms with van der Waals surface area (Å²) in [6.45, 7) is 1.59. The lowest BCUT2D eigenvalue weighted by Gasteiger charge is -2.03. The molecule has 0 fully saturated rings. The molecule has 0 saturated carbocycles. The van der Waals surface area contributed by atoms with Crippen molar-refractivity contribution in [3.8, 4) is 10.7 Å². The summed E-state index contributed by atoms with van der Waals surface area (Å²) < 4.78 is 0. The maximum absolute atomic E-state index is 11.7. The molecule has 8 heteroatoms. The fourth-order valence-electron chi connectivity index (χ4n) is 1.72. The highest BCUT2D eigenvalue weighted by Gasteiger charge is 2.09. The number of nitrogens with zero attached hydrogens (tertiary/aromatic N) is 2. The van der Waals surface area contributed by atoms with Crippen LogP contribution in [-0.2, 0) is 11.2 Å². The van der Waals surface area contributed by atoms with Gasteiger partial charge in [-0.2, -0.15) is 0 Å². The van der Waals surface area contributed by atoms with Gasteiger partial charge in [-0.15, -0.1) is 36.2 Å². The predicted molar refractivity (Wildman–Crippen MR) is 95.1 cm³/mol. The highest BCUT2D eigenvalue weighted by molar-refractivity contribution is 7.13. The van der Waals surface area contributed by atoms with Gasteiger partial charge in [0.1, 0.15) is 5.01 Å². The zero-order valence-electron chi connectivity index (χ0n) is 12.2. The van der Waals surface area contributed by atoms with E-state index in [0.29, 0.717) is 13.0 Å². The van der Waals surface area contributed by atoms with E-state index in [2.05, 4.69) is 20.6 Å². The lowest BCUT2D eigenvalue weighted by atomic mass is 10.3. The number of halogens is 2. The molecule has 5 nitrogen and oxygen atoms in total. The Kier molecular flexibility index (Phi) is 10.7. The molecule has 22 heavy (non-hydrogen) atoms. The Morgan fingerprint density at radius 2 is 2.09 bits per heavy atom. The highest BCUT2D eigenvalue weighted by atomic mass is 35.5. The number of thiazole rings is 1. The Labute approximate surface area is 146 Å². The standard InChI is InChI=1S/C14H18N4OS.2ClH/c1-15-6-4-8-17-13(19)9-11-10-20-14(18-11)12-5-2-3-7-16-12;;/h2-3,5,7,10,15H,4,6,8-9H2,1H3,(H,17,19);2*1H. The molecule has 2 heterocycles. The summed E-state index contributed by atoms with van der Waals surface area (Å²) in [6.07, 6.45) is 2.99. The molecule has 2 N–H and O–H groups in total. The Morgan fingerprint density at radius 1 is 1.27 bits per heavy atom. The number of rotatable bonds is 7. The van der Waals surface area contributed by atoms with E-state index in [9.17, 15) is 4.79 Å². The summed E-state index contributed by atoms with van der Waals surface area (Å²) in [5, 5.41) is 8.69. The van der Waals surface area contributed by atoms with Crippen LogP contribution in [0.4, 0.5) is 0 Å². The number of carbonyl (C=O) groups is 1. The second-order valence-electron chi connectivity index (χ2n) is 4.34. The first-order valence-corrected chi connectivity index (χ1v) is 7.44. The third kappa shape index (κ3) is 6.70. The summed E-state index contributed by atoms with van der Waals surface area (Å²) in [4.78, 5) is 20.4. The minimum absolute atomic E-state index is 0. The minimum atomic E-state index is 0. The van der Waals surface area contributed by atoms with Crippen LogP contribution in [0.5, 0.6) is 0 Å². The summed E-state index contributed by atoms with van der Waals surface area (Å²) in [7, 11) is 1.90. The Bertz CT molecular complexity index is 551. The van der Waals surface area contributed by atoms with Crippen molar-refractivity contribution in [3.05, 3.63) is 35.5 Å². The van der Waals surface area contributed by atoms with Gasteiger partial charge >= 0.3 is 0 Å². The second kappa shape index (κ2) is 11.4. The van der Waals surface area contributed by atoms with Crippen molar-refractivity contribution in [2.45, 2.75) is 12.8 Å². The first-order valence-electron chi connectivity index (χ1n) is 6.56. The van der Waals surface area contributed by atoms with Crippen LogP contribution >= 0.6 is 36.2 Å². The summed E-state index contributed by atoms with van der Waals surface area (Å²) in [6, 6.07) is 5.72. The van der Waals surface area contributed by atoms with E-state index in [1.54, 1.807) is 6.20 Å². The van der Waals surface area contributed by atoms with Crippen LogP contribution in [-0.4, -0.2) is 36.0 Å². The van der Waals surface area contributed by atoms with E-state index in [1.165, 1.54) is 11.3 Å². The van der Waals surface area contributed by atoms with Crippen molar-refractivity contribution in [2.75, 3.05) is 20.1 Å². The van der Waals surface area contributed by atoms with Crippen molar-refractivity contribution in [2.24, 2.45) is 0 Å². The molecule has 0 aliphatic rings. The molecule has 0 aliphatic carbocycles. The second-order valence-corrected chi connectivity index (χ2v) is 5.20. The van der Waals surface area contributed by atoms with Crippen LogP contribution in [0.3, 0.4) is 0 Å². The number of hydrogen-bond acceptors (Lipinski definition) is 5. The van der Waals surface area contributed by atoms with Crippen LogP contribution < -0.4 is 10.6 Å². The third-order valence-electron chi connectivity index (χ3n) is 2.70. The van der Waals surface area contributed by atoms with Gasteiger partial charge in [0.25, 0.3) is 0 Å². The smallest absolute Gasteiger partial charge is 0.226 e. The van der Waals surface area contributed by atoms with E-state index < -0.39 is 0 Å². The van der Waals surface area contributed by atoms with Crippen LogP contribution in [0.15, 0.2) is 29.8 Å². The summed E-state index contributed by atoms with van der Waals surface area (Å²) >= 11 is 1.51. The molecule has 0 spiro atoms. The molecule has 0 bridgehead atoms. The fraction of sp³-hybridized carbons (Fsp3) is 0.357. The highest BCUT2D eigenvalue weighted by Crippen LogP contribution is 2.21. The molecular weight excluding hydrogens is 343 g/mol. The molecule has 0 atom stereocenters. The minimum Gasteiger partial charge on any atom is -0.356 e. The van der Waals surface area contributed by atoms with Crippen LogP contribution in [0, 0.1) is 0 Å². The Morgan fingerprint density at radius 3 is 2.77 bits per heavy atom. The number of carbonyl (C=O) groups excluding carboxylic acids is 1. The van der Waals surface area contributed by atoms with Crippen molar-refractivity contribution < 1.29 is 4.79 Å². The summed E-state index contributed by atoms with van der Waals surface area (Å²) in [5.41, 5.74) is 1.64. The monoisotopic (exact) mass is 362 g/mol. The Balaban J connectivity index is 0.00000220. The van der Waals surface area contributed by atoms with Crippen LogP contribution in [0.25, 0.3) is 10.7 Å². The van der Waals surface area contributed by atoms with Crippen LogP contribution in [0.1, 0.15) is 12.1 Å². The zero-order chi connectivity index (χ0) is 14.2.